The molecule has 7 nitrogen and oxygen atoms in total. The van der Waals surface area contributed by atoms with E-state index < -0.39 is 32.6 Å². The van der Waals surface area contributed by atoms with E-state index in [1.54, 1.807) is 0 Å². The van der Waals surface area contributed by atoms with Gasteiger partial charge >= 0.3 is 6.18 Å². The summed E-state index contributed by atoms with van der Waals surface area (Å²) in [5.41, 5.74) is 6.91. The number of nitrogens with zero attached hydrogens (tertiary/aromatic N) is 1. The fourth-order valence-corrected chi connectivity index (χ4v) is 3.57. The largest absolute Gasteiger partial charge is 0.416 e. The average molecular weight is 379 g/mol. The summed E-state index contributed by atoms with van der Waals surface area (Å²) in [6, 6.07) is 3.61. The maximum Gasteiger partial charge on any atom is 0.416 e. The molecule has 1 aromatic carbocycles. The Labute approximate surface area is 142 Å². The lowest BCUT2D eigenvalue weighted by Gasteiger charge is -2.26. The molecule has 138 valence electrons. The number of amides is 1. The maximum absolute atomic E-state index is 12.8. The molecule has 0 spiro atoms. The zero-order chi connectivity index (χ0) is 18.7. The number of hydrogen-bond donors (Lipinski definition) is 2. The van der Waals surface area contributed by atoms with E-state index in [1.165, 1.54) is 6.08 Å². The van der Waals surface area contributed by atoms with Gasteiger partial charge < -0.3 is 5.73 Å². The summed E-state index contributed by atoms with van der Waals surface area (Å²) in [4.78, 5) is 14.9. The van der Waals surface area contributed by atoms with Crippen LogP contribution in [0.5, 0.6) is 0 Å². The van der Waals surface area contributed by atoms with Crippen LogP contribution in [0.1, 0.15) is 12.0 Å². The van der Waals surface area contributed by atoms with Gasteiger partial charge in [0.25, 0.3) is 0 Å². The third-order valence-corrected chi connectivity index (χ3v) is 5.25. The van der Waals surface area contributed by atoms with E-state index in [0.717, 1.165) is 22.5 Å². The molecule has 3 N–H and O–H groups in total. The van der Waals surface area contributed by atoms with E-state index in [1.807, 2.05) is 0 Å². The number of hydroxylamine groups is 1. The van der Waals surface area contributed by atoms with Gasteiger partial charge in [-0.2, -0.15) is 17.5 Å². The van der Waals surface area contributed by atoms with Gasteiger partial charge in [0.2, 0.25) is 15.9 Å². The number of hydrogen-bond acceptors (Lipinski definition) is 5. The molecule has 0 saturated carbocycles. The number of benzene rings is 1. The zero-order valence-corrected chi connectivity index (χ0v) is 13.7. The summed E-state index contributed by atoms with van der Waals surface area (Å²) in [6.07, 6.45) is -2.87. The average Bonchev–Trinajstić information content (AvgIpc) is 2.54. The van der Waals surface area contributed by atoms with Crippen molar-refractivity contribution in [1.82, 2.24) is 9.79 Å². The van der Waals surface area contributed by atoms with Crippen LogP contribution in [0.3, 0.4) is 0 Å². The van der Waals surface area contributed by atoms with Crippen molar-refractivity contribution in [2.45, 2.75) is 17.5 Å². The Morgan fingerprint density at radius 1 is 1.36 bits per heavy atom. The number of sulfonamides is 1. The van der Waals surface area contributed by atoms with Crippen molar-refractivity contribution < 1.29 is 31.2 Å². The molecular weight excluding hydrogens is 363 g/mol. The van der Waals surface area contributed by atoms with Crippen LogP contribution < -0.4 is 11.2 Å². The van der Waals surface area contributed by atoms with Crippen molar-refractivity contribution in [3.05, 3.63) is 41.6 Å². The Morgan fingerprint density at radius 2 is 2.08 bits per heavy atom. The molecule has 0 atom stereocenters. The van der Waals surface area contributed by atoms with Gasteiger partial charge in [-0.3, -0.25) is 15.1 Å². The summed E-state index contributed by atoms with van der Waals surface area (Å²) >= 11 is 0. The van der Waals surface area contributed by atoms with Crippen LogP contribution in [0.4, 0.5) is 13.2 Å². The van der Waals surface area contributed by atoms with Crippen molar-refractivity contribution in [2.75, 3.05) is 19.7 Å². The number of carbonyl (C=O) groups excluding carboxylic acids is 1. The Bertz CT molecular complexity index is 778. The molecule has 0 radical (unpaired) electrons. The summed E-state index contributed by atoms with van der Waals surface area (Å²) < 4.78 is 64.3. The predicted molar refractivity (Wildman–Crippen MR) is 81.2 cm³/mol. The summed E-state index contributed by atoms with van der Waals surface area (Å²) in [6.45, 7) is -0.332. The highest BCUT2D eigenvalue weighted by molar-refractivity contribution is 7.89. The van der Waals surface area contributed by atoms with Crippen molar-refractivity contribution in [3.63, 3.8) is 0 Å². The molecule has 1 aromatic rings. The summed E-state index contributed by atoms with van der Waals surface area (Å²) in [5.74, 6) is -0.669. The fourth-order valence-electron chi connectivity index (χ4n) is 2.14. The first kappa shape index (κ1) is 19.2. The molecule has 11 heteroatoms. The highest BCUT2D eigenvalue weighted by Gasteiger charge is 2.33. The molecule has 1 aliphatic rings. The van der Waals surface area contributed by atoms with Crippen molar-refractivity contribution >= 4 is 15.9 Å². The number of alkyl halides is 3. The normalized spacial score (nSPS) is 16.4. The lowest BCUT2D eigenvalue weighted by Crippen LogP contribution is -2.37. The molecule has 25 heavy (non-hydrogen) atoms. The molecule has 0 unspecified atom stereocenters. The van der Waals surface area contributed by atoms with Gasteiger partial charge in [-0.1, -0.05) is 6.07 Å². The lowest BCUT2D eigenvalue weighted by atomic mass is 10.2. The minimum atomic E-state index is -4.62. The van der Waals surface area contributed by atoms with Crippen LogP contribution in [-0.2, 0) is 25.8 Å². The van der Waals surface area contributed by atoms with Crippen LogP contribution in [0.25, 0.3) is 0 Å². The molecular formula is C14H16F3N3O4S. The second kappa shape index (κ2) is 7.42. The number of rotatable bonds is 6. The third-order valence-electron chi connectivity index (χ3n) is 3.39. The van der Waals surface area contributed by atoms with E-state index in [4.69, 9.17) is 10.6 Å². The van der Waals surface area contributed by atoms with Gasteiger partial charge in [0.15, 0.2) is 6.61 Å². The number of nitrogens with one attached hydrogen (secondary N) is 1. The predicted octanol–water partition coefficient (Wildman–Crippen LogP) is 0.990. The Hall–Kier alpha value is -2.11. The summed E-state index contributed by atoms with van der Waals surface area (Å²) in [7, 11) is -4.06. The van der Waals surface area contributed by atoms with Gasteiger partial charge in [0.1, 0.15) is 0 Å². The monoisotopic (exact) mass is 379 g/mol. The van der Waals surface area contributed by atoms with Gasteiger partial charge in [0, 0.05) is 25.2 Å². The SMILES string of the molecule is NC(=O)CONC1=CCN(S(=O)(=O)c2cccc(C(F)(F)F)c2)CC1. The molecule has 1 heterocycles. The quantitative estimate of drug-likeness (QED) is 0.718. The number of primary amides is 1. The zero-order valence-electron chi connectivity index (χ0n) is 12.9. The fraction of sp³-hybridized carbons (Fsp3) is 0.357. The van der Waals surface area contributed by atoms with Crippen LogP contribution in [0, 0.1) is 0 Å². The van der Waals surface area contributed by atoms with Crippen molar-refractivity contribution in [2.24, 2.45) is 5.73 Å². The van der Waals surface area contributed by atoms with E-state index >= 15 is 0 Å². The first-order chi connectivity index (χ1) is 11.6. The number of nitrogens with two attached hydrogens (primary N) is 1. The molecule has 0 bridgehead atoms. The molecule has 2 rings (SSSR count). The van der Waals surface area contributed by atoms with Crippen molar-refractivity contribution in [1.29, 1.82) is 0 Å². The van der Waals surface area contributed by atoms with E-state index in [-0.39, 0.29) is 26.1 Å². The molecule has 1 amide bonds. The minimum absolute atomic E-state index is 0.0408. The second-order valence-corrected chi connectivity index (χ2v) is 7.16. The van der Waals surface area contributed by atoms with Crippen LogP contribution in [0.15, 0.2) is 40.9 Å². The first-order valence-electron chi connectivity index (χ1n) is 7.13. The maximum atomic E-state index is 12.8. The first-order valence-corrected chi connectivity index (χ1v) is 8.57. The lowest BCUT2D eigenvalue weighted by molar-refractivity contribution is -0.137. The minimum Gasteiger partial charge on any atom is -0.368 e. The highest BCUT2D eigenvalue weighted by atomic mass is 32.2. The van der Waals surface area contributed by atoms with Crippen LogP contribution >= 0.6 is 0 Å². The van der Waals surface area contributed by atoms with Crippen LogP contribution in [-0.4, -0.2) is 38.3 Å². The standard InChI is InChI=1S/C14H16F3N3O4S/c15-14(16,17)10-2-1-3-12(8-10)25(22,23)20-6-4-11(5-7-20)19-24-9-13(18)21/h1-4,8,19H,5-7,9H2,(H2,18,21). The highest BCUT2D eigenvalue weighted by Crippen LogP contribution is 2.31. The van der Waals surface area contributed by atoms with Crippen molar-refractivity contribution in [3.8, 4) is 0 Å². The second-order valence-electron chi connectivity index (χ2n) is 5.23. The molecule has 1 aliphatic heterocycles. The van der Waals surface area contributed by atoms with Crippen LogP contribution in [0.2, 0.25) is 0 Å². The summed E-state index contributed by atoms with van der Waals surface area (Å²) in [5, 5.41) is 0. The Balaban J connectivity index is 2.09. The van der Waals surface area contributed by atoms with Gasteiger partial charge in [-0.25, -0.2) is 8.42 Å². The smallest absolute Gasteiger partial charge is 0.368 e. The van der Waals surface area contributed by atoms with E-state index in [9.17, 15) is 26.4 Å². The van der Waals surface area contributed by atoms with Gasteiger partial charge in [-0.15, -0.1) is 0 Å². The topological polar surface area (TPSA) is 102 Å². The van der Waals surface area contributed by atoms with Gasteiger partial charge in [-0.05, 0) is 24.3 Å². The third kappa shape index (κ3) is 4.94. The molecule has 0 saturated heterocycles. The Kier molecular flexibility index (Phi) is 5.70. The Morgan fingerprint density at radius 3 is 2.64 bits per heavy atom. The van der Waals surface area contributed by atoms with E-state index in [2.05, 4.69) is 5.48 Å². The number of carbonyl (C=O) groups is 1. The molecule has 0 aliphatic carbocycles. The molecule has 0 aromatic heterocycles. The molecule has 0 fully saturated rings. The van der Waals surface area contributed by atoms with Gasteiger partial charge in [0.05, 0.1) is 10.5 Å². The van der Waals surface area contributed by atoms with E-state index in [0.29, 0.717) is 11.8 Å². The number of halogens is 3.